The molecule has 1 saturated carbocycles. The summed E-state index contributed by atoms with van der Waals surface area (Å²) in [4.78, 5) is 11.9. The van der Waals surface area contributed by atoms with E-state index in [9.17, 15) is 4.79 Å². The van der Waals surface area contributed by atoms with Crippen molar-refractivity contribution in [3.63, 3.8) is 0 Å². The molecular formula is C16H23NO2. The van der Waals surface area contributed by atoms with E-state index in [0.717, 1.165) is 5.56 Å². The zero-order valence-electron chi connectivity index (χ0n) is 12.0. The summed E-state index contributed by atoms with van der Waals surface area (Å²) < 4.78 is 5.19. The van der Waals surface area contributed by atoms with Crippen LogP contribution in [-0.4, -0.2) is 25.7 Å². The molecule has 0 saturated heterocycles. The molecule has 0 aromatic heterocycles. The first-order chi connectivity index (χ1) is 9.04. The Balaban J connectivity index is 1.86. The molecule has 1 aromatic rings. The minimum Gasteiger partial charge on any atom is -0.380 e. The normalized spacial score (nSPS) is 20.1. The van der Waals surface area contributed by atoms with E-state index >= 15 is 0 Å². The summed E-state index contributed by atoms with van der Waals surface area (Å²) in [7, 11) is 0. The predicted octanol–water partition coefficient (Wildman–Crippen LogP) is 2.97. The van der Waals surface area contributed by atoms with Gasteiger partial charge in [-0.25, -0.2) is 0 Å². The smallest absolute Gasteiger partial charge is 0.251 e. The molecule has 1 amide bonds. The molecule has 1 N–H and O–H groups in total. The zero-order valence-corrected chi connectivity index (χ0v) is 12.0. The van der Waals surface area contributed by atoms with Gasteiger partial charge in [0, 0.05) is 18.7 Å². The van der Waals surface area contributed by atoms with Crippen molar-refractivity contribution in [2.75, 3.05) is 19.8 Å². The van der Waals surface area contributed by atoms with Crippen LogP contribution in [-0.2, 0) is 4.74 Å². The highest BCUT2D eigenvalue weighted by Gasteiger charge is 2.46. The minimum absolute atomic E-state index is 0.0266. The summed E-state index contributed by atoms with van der Waals surface area (Å²) in [5, 5.41) is 2.85. The third-order valence-electron chi connectivity index (χ3n) is 3.82. The lowest BCUT2D eigenvalue weighted by atomic mass is 10.0. The van der Waals surface area contributed by atoms with Gasteiger partial charge in [-0.3, -0.25) is 4.79 Å². The van der Waals surface area contributed by atoms with E-state index in [-0.39, 0.29) is 5.91 Å². The highest BCUT2D eigenvalue weighted by atomic mass is 16.5. The lowest BCUT2D eigenvalue weighted by Crippen LogP contribution is -2.27. The minimum atomic E-state index is -0.0266. The molecule has 0 spiro atoms. The number of carbonyl (C=O) groups is 1. The van der Waals surface area contributed by atoms with Crippen molar-refractivity contribution < 1.29 is 9.53 Å². The predicted molar refractivity (Wildman–Crippen MR) is 76.4 cm³/mol. The van der Waals surface area contributed by atoms with Crippen molar-refractivity contribution in [2.24, 2.45) is 5.41 Å². The Morgan fingerprint density at radius 1 is 1.37 bits per heavy atom. The molecule has 0 radical (unpaired) electrons. The van der Waals surface area contributed by atoms with E-state index < -0.39 is 0 Å². The third-order valence-corrected chi connectivity index (χ3v) is 3.82. The van der Waals surface area contributed by atoms with Crippen LogP contribution in [0.4, 0.5) is 0 Å². The standard InChI is InChI=1S/C16H23NO2/c1-4-19-10-9-17-15(18)13-7-5-12(6-8-13)14-11-16(14,2)3/h5-8,14H,4,9-11H2,1-3H3,(H,17,18). The van der Waals surface area contributed by atoms with Crippen molar-refractivity contribution in [1.82, 2.24) is 5.32 Å². The Hall–Kier alpha value is -1.35. The molecule has 0 heterocycles. The maximum atomic E-state index is 11.9. The summed E-state index contributed by atoms with van der Waals surface area (Å²) in [5.41, 5.74) is 2.50. The van der Waals surface area contributed by atoms with E-state index in [1.807, 2.05) is 19.1 Å². The fourth-order valence-electron chi connectivity index (χ4n) is 2.39. The van der Waals surface area contributed by atoms with Crippen molar-refractivity contribution in [2.45, 2.75) is 33.1 Å². The number of ether oxygens (including phenoxy) is 1. The Labute approximate surface area is 115 Å². The molecule has 1 atom stereocenters. The number of hydrogen-bond acceptors (Lipinski definition) is 2. The van der Waals surface area contributed by atoms with Gasteiger partial charge in [-0.05, 0) is 42.4 Å². The van der Waals surface area contributed by atoms with E-state index in [1.165, 1.54) is 12.0 Å². The van der Waals surface area contributed by atoms with E-state index in [4.69, 9.17) is 4.74 Å². The van der Waals surface area contributed by atoms with E-state index in [2.05, 4.69) is 31.3 Å². The molecule has 19 heavy (non-hydrogen) atoms. The fourth-order valence-corrected chi connectivity index (χ4v) is 2.39. The van der Waals surface area contributed by atoms with Crippen LogP contribution in [0.15, 0.2) is 24.3 Å². The largest absolute Gasteiger partial charge is 0.380 e. The summed E-state index contributed by atoms with van der Waals surface area (Å²) in [6.45, 7) is 8.32. The van der Waals surface area contributed by atoms with Gasteiger partial charge in [0.15, 0.2) is 0 Å². The molecule has 1 aromatic carbocycles. The number of nitrogens with one attached hydrogen (secondary N) is 1. The summed E-state index contributed by atoms with van der Waals surface area (Å²) in [6.07, 6.45) is 1.24. The topological polar surface area (TPSA) is 38.3 Å². The molecule has 3 nitrogen and oxygen atoms in total. The fraction of sp³-hybridized carbons (Fsp3) is 0.562. The molecule has 1 fully saturated rings. The van der Waals surface area contributed by atoms with Crippen LogP contribution in [0.2, 0.25) is 0 Å². The average molecular weight is 261 g/mol. The Bertz CT molecular complexity index is 437. The van der Waals surface area contributed by atoms with Crippen LogP contribution in [0.25, 0.3) is 0 Å². The average Bonchev–Trinajstić information content (AvgIpc) is 3.04. The van der Waals surface area contributed by atoms with Crippen molar-refractivity contribution in [3.8, 4) is 0 Å². The molecule has 3 heteroatoms. The highest BCUT2D eigenvalue weighted by molar-refractivity contribution is 5.94. The molecule has 2 rings (SSSR count). The summed E-state index contributed by atoms with van der Waals surface area (Å²) in [6, 6.07) is 7.99. The van der Waals surface area contributed by atoms with E-state index in [0.29, 0.717) is 31.1 Å². The number of rotatable bonds is 6. The van der Waals surface area contributed by atoms with E-state index in [1.54, 1.807) is 0 Å². The van der Waals surface area contributed by atoms with Crippen molar-refractivity contribution in [3.05, 3.63) is 35.4 Å². The van der Waals surface area contributed by atoms with Crippen LogP contribution < -0.4 is 5.32 Å². The van der Waals surface area contributed by atoms with Crippen LogP contribution in [0, 0.1) is 5.41 Å². The van der Waals surface area contributed by atoms with Crippen molar-refractivity contribution in [1.29, 1.82) is 0 Å². The maximum absolute atomic E-state index is 11.9. The number of hydrogen-bond donors (Lipinski definition) is 1. The Morgan fingerprint density at radius 3 is 2.53 bits per heavy atom. The van der Waals surface area contributed by atoms with Gasteiger partial charge in [-0.1, -0.05) is 26.0 Å². The second kappa shape index (κ2) is 5.74. The highest BCUT2D eigenvalue weighted by Crippen LogP contribution is 2.58. The molecule has 0 bridgehead atoms. The van der Waals surface area contributed by atoms with Gasteiger partial charge in [0.2, 0.25) is 0 Å². The summed E-state index contributed by atoms with van der Waals surface area (Å²) in [5.74, 6) is 0.629. The van der Waals surface area contributed by atoms with Gasteiger partial charge in [0.05, 0.1) is 6.61 Å². The molecule has 1 unspecified atom stereocenters. The van der Waals surface area contributed by atoms with Crippen LogP contribution >= 0.6 is 0 Å². The Morgan fingerprint density at radius 2 is 2.00 bits per heavy atom. The molecule has 1 aliphatic carbocycles. The van der Waals surface area contributed by atoms with Crippen LogP contribution in [0.5, 0.6) is 0 Å². The van der Waals surface area contributed by atoms with Gasteiger partial charge in [-0.2, -0.15) is 0 Å². The third kappa shape index (κ3) is 3.57. The molecule has 1 aliphatic rings. The maximum Gasteiger partial charge on any atom is 0.251 e. The molecular weight excluding hydrogens is 238 g/mol. The zero-order chi connectivity index (χ0) is 13.9. The van der Waals surface area contributed by atoms with Crippen molar-refractivity contribution >= 4 is 5.91 Å². The lowest BCUT2D eigenvalue weighted by molar-refractivity contribution is 0.0922. The monoisotopic (exact) mass is 261 g/mol. The first-order valence-electron chi connectivity index (χ1n) is 7.00. The summed E-state index contributed by atoms with van der Waals surface area (Å²) >= 11 is 0. The number of benzene rings is 1. The lowest BCUT2D eigenvalue weighted by Gasteiger charge is -2.07. The quantitative estimate of drug-likeness (QED) is 0.799. The molecule has 0 aliphatic heterocycles. The second-order valence-corrected chi connectivity index (χ2v) is 5.82. The van der Waals surface area contributed by atoms with Gasteiger partial charge in [0.25, 0.3) is 5.91 Å². The molecule has 104 valence electrons. The first kappa shape index (κ1) is 14.1. The van der Waals surface area contributed by atoms with Gasteiger partial charge < -0.3 is 10.1 Å². The first-order valence-corrected chi connectivity index (χ1v) is 7.00. The van der Waals surface area contributed by atoms with Crippen LogP contribution in [0.1, 0.15) is 49.0 Å². The SMILES string of the molecule is CCOCCNC(=O)c1ccc(C2CC2(C)C)cc1. The van der Waals surface area contributed by atoms with Gasteiger partial charge in [0.1, 0.15) is 0 Å². The Kier molecular flexibility index (Phi) is 4.25. The second-order valence-electron chi connectivity index (χ2n) is 5.82. The van der Waals surface area contributed by atoms with Gasteiger partial charge in [-0.15, -0.1) is 0 Å². The van der Waals surface area contributed by atoms with Crippen LogP contribution in [0.3, 0.4) is 0 Å². The number of carbonyl (C=O) groups excluding carboxylic acids is 1. The van der Waals surface area contributed by atoms with Gasteiger partial charge >= 0.3 is 0 Å². The number of amides is 1.